The molecule has 0 aliphatic carbocycles. The van der Waals surface area contributed by atoms with Crippen LogP contribution in [-0.2, 0) is 0 Å². The highest BCUT2D eigenvalue weighted by Gasteiger charge is 2.26. The van der Waals surface area contributed by atoms with Crippen LogP contribution >= 0.6 is 0 Å². The molecule has 4 heteroatoms. The Balaban J connectivity index is 1.79. The Labute approximate surface area is 132 Å². The molecule has 0 amide bonds. The third kappa shape index (κ3) is 2.37. The van der Waals surface area contributed by atoms with Crippen LogP contribution in [0.1, 0.15) is 0 Å². The van der Waals surface area contributed by atoms with Crippen LogP contribution < -0.4 is 20.8 Å². The summed E-state index contributed by atoms with van der Waals surface area (Å²) in [5.74, 6) is 0. The lowest BCUT2D eigenvalue weighted by molar-refractivity contribution is 1.12. The first-order chi connectivity index (χ1) is 10.9. The molecule has 104 valence electrons. The second-order valence-electron chi connectivity index (χ2n) is 5.56. The van der Waals surface area contributed by atoms with Crippen LogP contribution in [0.4, 0.5) is 11.4 Å². The van der Waals surface area contributed by atoms with Crippen molar-refractivity contribution in [3.05, 3.63) is 84.9 Å². The standard InChI is InChI=1S/C18H16B2N2/c1-3-9-15(10-4-1)21-19-17-13-7-8-14-18(17)20-22(21)16-11-5-2-6-12-16/h1-14,19-20H. The number of anilines is 2. The average molecular weight is 282 g/mol. The van der Waals surface area contributed by atoms with Crippen molar-refractivity contribution in [2.75, 3.05) is 9.84 Å². The summed E-state index contributed by atoms with van der Waals surface area (Å²) in [4.78, 5) is 4.72. The van der Waals surface area contributed by atoms with Gasteiger partial charge < -0.3 is 9.84 Å². The highest BCUT2D eigenvalue weighted by molar-refractivity contribution is 6.76. The largest absolute Gasteiger partial charge is 0.341 e. The molecule has 0 spiro atoms. The molecule has 0 saturated carbocycles. The van der Waals surface area contributed by atoms with Gasteiger partial charge in [0.15, 0.2) is 0 Å². The maximum absolute atomic E-state index is 2.36. The minimum absolute atomic E-state index is 0.898. The maximum atomic E-state index is 2.36. The summed E-state index contributed by atoms with van der Waals surface area (Å²) >= 11 is 0. The number of hydrogen-bond acceptors (Lipinski definition) is 2. The lowest BCUT2D eigenvalue weighted by atomic mass is 9.63. The summed E-state index contributed by atoms with van der Waals surface area (Å²) in [6.45, 7) is 0. The highest BCUT2D eigenvalue weighted by Crippen LogP contribution is 2.22. The molecule has 0 fully saturated rings. The van der Waals surface area contributed by atoms with E-state index in [1.807, 2.05) is 0 Å². The van der Waals surface area contributed by atoms with Crippen molar-refractivity contribution in [3.8, 4) is 0 Å². The van der Waals surface area contributed by atoms with Crippen LogP contribution in [0.2, 0.25) is 0 Å². The number of benzene rings is 3. The molecule has 1 aliphatic rings. The topological polar surface area (TPSA) is 6.48 Å². The van der Waals surface area contributed by atoms with Gasteiger partial charge in [-0.3, -0.25) is 0 Å². The number of hydrogen-bond donors (Lipinski definition) is 0. The zero-order chi connectivity index (χ0) is 14.8. The highest BCUT2D eigenvalue weighted by atomic mass is 15.6. The van der Waals surface area contributed by atoms with Gasteiger partial charge in [0, 0.05) is 11.4 Å². The monoisotopic (exact) mass is 282 g/mol. The van der Waals surface area contributed by atoms with Crippen molar-refractivity contribution in [2.45, 2.75) is 0 Å². The lowest BCUT2D eigenvalue weighted by Crippen LogP contribution is -2.63. The molecule has 1 heterocycles. The SMILES string of the molecule is B1c2ccccc2BN(c2ccccc2)N1c1ccccc1. The Bertz CT molecular complexity index is 696. The van der Waals surface area contributed by atoms with Gasteiger partial charge >= 0.3 is 0 Å². The summed E-state index contributed by atoms with van der Waals surface area (Å²) in [6, 6.07) is 29.9. The molecule has 2 nitrogen and oxygen atoms in total. The van der Waals surface area contributed by atoms with Gasteiger partial charge in [0.1, 0.15) is 0 Å². The molecule has 22 heavy (non-hydrogen) atoms. The lowest BCUT2D eigenvalue weighted by Gasteiger charge is -2.42. The van der Waals surface area contributed by atoms with Crippen LogP contribution in [0.25, 0.3) is 0 Å². The van der Waals surface area contributed by atoms with Crippen molar-refractivity contribution in [2.24, 2.45) is 0 Å². The Morgan fingerprint density at radius 1 is 0.455 bits per heavy atom. The van der Waals surface area contributed by atoms with E-state index in [-0.39, 0.29) is 0 Å². The van der Waals surface area contributed by atoms with Crippen molar-refractivity contribution < 1.29 is 0 Å². The van der Waals surface area contributed by atoms with Crippen LogP contribution in [0, 0.1) is 0 Å². The van der Waals surface area contributed by atoms with Crippen LogP contribution in [-0.4, -0.2) is 14.8 Å². The predicted molar refractivity (Wildman–Crippen MR) is 97.9 cm³/mol. The maximum Gasteiger partial charge on any atom is 0.294 e. The van der Waals surface area contributed by atoms with E-state index in [0.29, 0.717) is 0 Å². The van der Waals surface area contributed by atoms with Gasteiger partial charge in [0.2, 0.25) is 0 Å². The fraction of sp³-hybridized carbons (Fsp3) is 0. The zero-order valence-electron chi connectivity index (χ0n) is 12.4. The van der Waals surface area contributed by atoms with Gasteiger partial charge in [0.05, 0.1) is 0 Å². The van der Waals surface area contributed by atoms with Crippen molar-refractivity contribution in [3.63, 3.8) is 0 Å². The van der Waals surface area contributed by atoms with E-state index in [0.717, 1.165) is 14.8 Å². The molecule has 0 radical (unpaired) electrons. The van der Waals surface area contributed by atoms with Crippen molar-refractivity contribution >= 4 is 37.1 Å². The van der Waals surface area contributed by atoms with E-state index in [1.54, 1.807) is 0 Å². The van der Waals surface area contributed by atoms with Gasteiger partial charge in [-0.2, -0.15) is 0 Å². The van der Waals surface area contributed by atoms with Gasteiger partial charge in [-0.15, -0.1) is 0 Å². The van der Waals surface area contributed by atoms with Crippen LogP contribution in [0.5, 0.6) is 0 Å². The summed E-state index contributed by atoms with van der Waals surface area (Å²) < 4.78 is 0. The molecule has 0 unspecified atom stereocenters. The van der Waals surface area contributed by atoms with E-state index in [9.17, 15) is 0 Å². The predicted octanol–water partition coefficient (Wildman–Crippen LogP) is 1.58. The van der Waals surface area contributed by atoms with Gasteiger partial charge in [-0.25, -0.2) is 0 Å². The molecule has 3 aromatic rings. The first-order valence-corrected chi connectivity index (χ1v) is 7.64. The molecule has 0 N–H and O–H groups in total. The third-order valence-electron chi connectivity index (χ3n) is 4.16. The summed E-state index contributed by atoms with van der Waals surface area (Å²) in [5, 5.41) is 0. The van der Waals surface area contributed by atoms with E-state index in [4.69, 9.17) is 0 Å². The normalized spacial score (nSPS) is 13.1. The molecule has 0 saturated heterocycles. The van der Waals surface area contributed by atoms with E-state index >= 15 is 0 Å². The molecule has 3 aromatic carbocycles. The average Bonchev–Trinajstić information content (AvgIpc) is 2.62. The second-order valence-corrected chi connectivity index (χ2v) is 5.56. The molecular weight excluding hydrogens is 266 g/mol. The fourth-order valence-corrected chi connectivity index (χ4v) is 3.02. The van der Waals surface area contributed by atoms with Crippen molar-refractivity contribution in [1.82, 2.24) is 0 Å². The van der Waals surface area contributed by atoms with Crippen LogP contribution in [0.15, 0.2) is 84.9 Å². The smallest absolute Gasteiger partial charge is 0.294 e. The number of para-hydroxylation sites is 2. The fourth-order valence-electron chi connectivity index (χ4n) is 3.02. The second kappa shape index (κ2) is 5.64. The molecule has 0 atom stereocenters. The van der Waals surface area contributed by atoms with Gasteiger partial charge in [-0.1, -0.05) is 71.6 Å². The number of rotatable bonds is 2. The molecule has 0 bridgehead atoms. The first kappa shape index (κ1) is 13.1. The minimum Gasteiger partial charge on any atom is -0.341 e. The Kier molecular flexibility index (Phi) is 3.36. The first-order valence-electron chi connectivity index (χ1n) is 7.64. The Morgan fingerprint density at radius 2 is 0.818 bits per heavy atom. The van der Waals surface area contributed by atoms with Gasteiger partial charge in [-0.05, 0) is 24.3 Å². The Hall–Kier alpha value is -2.61. The van der Waals surface area contributed by atoms with E-state index < -0.39 is 0 Å². The molecule has 4 rings (SSSR count). The van der Waals surface area contributed by atoms with E-state index in [1.165, 1.54) is 22.3 Å². The third-order valence-corrected chi connectivity index (χ3v) is 4.16. The minimum atomic E-state index is 0.898. The molecule has 0 aromatic heterocycles. The molecule has 1 aliphatic heterocycles. The quantitative estimate of drug-likeness (QED) is 0.658. The summed E-state index contributed by atoms with van der Waals surface area (Å²) in [6.07, 6.45) is 0. The van der Waals surface area contributed by atoms with E-state index in [2.05, 4.69) is 94.8 Å². The number of nitrogens with zero attached hydrogens (tertiary/aromatic N) is 2. The zero-order valence-corrected chi connectivity index (χ0v) is 12.4. The van der Waals surface area contributed by atoms with Gasteiger partial charge in [0.25, 0.3) is 14.8 Å². The Morgan fingerprint density at radius 3 is 1.23 bits per heavy atom. The number of fused-ring (bicyclic) bond motifs is 1. The summed E-state index contributed by atoms with van der Waals surface area (Å²) in [7, 11) is 1.80. The number of hydrazine groups is 1. The van der Waals surface area contributed by atoms with Crippen molar-refractivity contribution in [1.29, 1.82) is 0 Å². The molecular formula is C18H16B2N2. The van der Waals surface area contributed by atoms with Crippen LogP contribution in [0.3, 0.4) is 0 Å². The summed E-state index contributed by atoms with van der Waals surface area (Å²) in [5.41, 5.74) is 5.25.